The maximum atomic E-state index is 3.67. The molecule has 1 unspecified atom stereocenters. The van der Waals surface area contributed by atoms with Crippen LogP contribution < -0.4 is 5.32 Å². The van der Waals surface area contributed by atoms with E-state index in [0.717, 1.165) is 6.42 Å². The summed E-state index contributed by atoms with van der Waals surface area (Å²) < 4.78 is 0. The van der Waals surface area contributed by atoms with Gasteiger partial charge in [0, 0.05) is 12.2 Å². The molecule has 10 heavy (non-hydrogen) atoms. The lowest BCUT2D eigenvalue weighted by Gasteiger charge is -2.12. The minimum absolute atomic E-state index is 0.480. The standard InChI is InChI=1S/C9H13N/c1-3-4-9-6-5-8(2)10-7-9/h3,5-8,10H,1,4H2,2H3. The normalized spacial score (nSPS) is 23.3. The lowest BCUT2D eigenvalue weighted by Crippen LogP contribution is -2.20. The van der Waals surface area contributed by atoms with Gasteiger partial charge >= 0.3 is 0 Å². The van der Waals surface area contributed by atoms with Crippen LogP contribution in [0, 0.1) is 0 Å². The van der Waals surface area contributed by atoms with Gasteiger partial charge in [0.2, 0.25) is 0 Å². The number of hydrogen-bond donors (Lipinski definition) is 1. The Hall–Kier alpha value is -0.980. The predicted octanol–water partition coefficient (Wildman–Crippen LogP) is 1.99. The van der Waals surface area contributed by atoms with Crippen molar-refractivity contribution in [3.63, 3.8) is 0 Å². The summed E-state index contributed by atoms with van der Waals surface area (Å²) in [5.74, 6) is 0. The molecule has 0 saturated heterocycles. The Bertz CT molecular complexity index is 177. The zero-order valence-corrected chi connectivity index (χ0v) is 6.30. The molecule has 0 aromatic heterocycles. The molecule has 0 aliphatic carbocycles. The van der Waals surface area contributed by atoms with Gasteiger partial charge in [-0.05, 0) is 18.9 Å². The molecule has 0 fully saturated rings. The van der Waals surface area contributed by atoms with Crippen molar-refractivity contribution >= 4 is 0 Å². The molecule has 0 aromatic carbocycles. The van der Waals surface area contributed by atoms with E-state index >= 15 is 0 Å². The monoisotopic (exact) mass is 135 g/mol. The van der Waals surface area contributed by atoms with E-state index in [0.29, 0.717) is 6.04 Å². The molecule has 0 saturated carbocycles. The van der Waals surface area contributed by atoms with Crippen molar-refractivity contribution in [2.45, 2.75) is 19.4 Å². The minimum atomic E-state index is 0.480. The van der Waals surface area contributed by atoms with Crippen LogP contribution in [0.25, 0.3) is 0 Å². The number of allylic oxidation sites excluding steroid dienone is 3. The first-order valence-electron chi connectivity index (χ1n) is 3.57. The van der Waals surface area contributed by atoms with Gasteiger partial charge in [-0.15, -0.1) is 6.58 Å². The van der Waals surface area contributed by atoms with Crippen LogP contribution >= 0.6 is 0 Å². The summed E-state index contributed by atoms with van der Waals surface area (Å²) in [6.07, 6.45) is 9.21. The second-order valence-electron chi connectivity index (χ2n) is 2.53. The summed E-state index contributed by atoms with van der Waals surface area (Å²) >= 11 is 0. The molecule has 1 aliphatic rings. The predicted molar refractivity (Wildman–Crippen MR) is 44.6 cm³/mol. The molecule has 1 N–H and O–H groups in total. The SMILES string of the molecule is C=CCC1=CNC(C)C=C1. The average molecular weight is 135 g/mol. The van der Waals surface area contributed by atoms with Crippen molar-refractivity contribution in [1.29, 1.82) is 0 Å². The van der Waals surface area contributed by atoms with Gasteiger partial charge in [-0.2, -0.15) is 0 Å². The molecule has 0 radical (unpaired) electrons. The first-order chi connectivity index (χ1) is 4.83. The Balaban J connectivity index is 2.49. The number of dihydropyridines is 1. The van der Waals surface area contributed by atoms with Gasteiger partial charge in [-0.25, -0.2) is 0 Å². The average Bonchev–Trinajstić information content (AvgIpc) is 1.95. The third kappa shape index (κ3) is 1.76. The van der Waals surface area contributed by atoms with Gasteiger partial charge in [0.05, 0.1) is 0 Å². The second kappa shape index (κ2) is 3.25. The molecule has 1 atom stereocenters. The van der Waals surface area contributed by atoms with E-state index in [2.05, 4.69) is 31.0 Å². The largest absolute Gasteiger partial charge is 0.385 e. The molecular formula is C9H13N. The van der Waals surface area contributed by atoms with Crippen LogP contribution in [0.5, 0.6) is 0 Å². The van der Waals surface area contributed by atoms with Crippen molar-refractivity contribution in [2.75, 3.05) is 0 Å². The second-order valence-corrected chi connectivity index (χ2v) is 2.53. The minimum Gasteiger partial charge on any atom is -0.385 e. The van der Waals surface area contributed by atoms with Crippen molar-refractivity contribution in [2.24, 2.45) is 0 Å². The molecule has 1 heterocycles. The molecule has 54 valence electrons. The molecular weight excluding hydrogens is 122 g/mol. The van der Waals surface area contributed by atoms with E-state index in [-0.39, 0.29) is 0 Å². The van der Waals surface area contributed by atoms with E-state index in [9.17, 15) is 0 Å². The van der Waals surface area contributed by atoms with Gasteiger partial charge in [0.1, 0.15) is 0 Å². The topological polar surface area (TPSA) is 12.0 Å². The molecule has 1 nitrogen and oxygen atoms in total. The highest BCUT2D eigenvalue weighted by Gasteiger charge is 1.98. The zero-order valence-electron chi connectivity index (χ0n) is 6.30. The van der Waals surface area contributed by atoms with Gasteiger partial charge in [-0.3, -0.25) is 0 Å². The summed E-state index contributed by atoms with van der Waals surface area (Å²) in [7, 11) is 0. The van der Waals surface area contributed by atoms with Crippen LogP contribution in [0.3, 0.4) is 0 Å². The maximum Gasteiger partial charge on any atom is 0.0413 e. The molecule has 0 bridgehead atoms. The van der Waals surface area contributed by atoms with Crippen LogP contribution in [-0.2, 0) is 0 Å². The third-order valence-corrected chi connectivity index (χ3v) is 1.51. The van der Waals surface area contributed by atoms with E-state index in [1.165, 1.54) is 5.57 Å². The van der Waals surface area contributed by atoms with Crippen molar-refractivity contribution in [3.8, 4) is 0 Å². The van der Waals surface area contributed by atoms with E-state index in [4.69, 9.17) is 0 Å². The molecule has 1 rings (SSSR count). The maximum absolute atomic E-state index is 3.67. The fraction of sp³-hybridized carbons (Fsp3) is 0.333. The molecule has 1 aliphatic heterocycles. The van der Waals surface area contributed by atoms with Gasteiger partial charge < -0.3 is 5.32 Å². The van der Waals surface area contributed by atoms with Gasteiger partial charge in [0.25, 0.3) is 0 Å². The van der Waals surface area contributed by atoms with Gasteiger partial charge in [0.15, 0.2) is 0 Å². The number of nitrogens with one attached hydrogen (secondary N) is 1. The van der Waals surface area contributed by atoms with E-state index in [1.807, 2.05) is 12.3 Å². The first-order valence-corrected chi connectivity index (χ1v) is 3.57. The van der Waals surface area contributed by atoms with Crippen molar-refractivity contribution in [3.05, 3.63) is 36.6 Å². The summed E-state index contributed by atoms with van der Waals surface area (Å²) in [5.41, 5.74) is 1.30. The number of rotatable bonds is 2. The van der Waals surface area contributed by atoms with Crippen LogP contribution in [0.1, 0.15) is 13.3 Å². The molecule has 1 heteroatoms. The lowest BCUT2D eigenvalue weighted by molar-refractivity contribution is 0.750. The van der Waals surface area contributed by atoms with Crippen LogP contribution in [0.4, 0.5) is 0 Å². The third-order valence-electron chi connectivity index (χ3n) is 1.51. The van der Waals surface area contributed by atoms with Crippen molar-refractivity contribution in [1.82, 2.24) is 5.32 Å². The summed E-state index contributed by atoms with van der Waals surface area (Å²) in [6, 6.07) is 0.480. The highest BCUT2D eigenvalue weighted by molar-refractivity contribution is 5.25. The highest BCUT2D eigenvalue weighted by atomic mass is 14.9. The lowest BCUT2D eigenvalue weighted by atomic mass is 10.1. The first kappa shape index (κ1) is 7.13. The Kier molecular flexibility index (Phi) is 2.32. The summed E-state index contributed by atoms with van der Waals surface area (Å²) in [6.45, 7) is 5.79. The highest BCUT2D eigenvalue weighted by Crippen LogP contribution is 2.07. The quantitative estimate of drug-likeness (QED) is 0.571. The molecule has 0 amide bonds. The van der Waals surface area contributed by atoms with E-state index < -0.39 is 0 Å². The summed E-state index contributed by atoms with van der Waals surface area (Å²) in [5, 5.41) is 3.22. The summed E-state index contributed by atoms with van der Waals surface area (Å²) in [4.78, 5) is 0. The van der Waals surface area contributed by atoms with Gasteiger partial charge in [-0.1, -0.05) is 18.2 Å². The van der Waals surface area contributed by atoms with Crippen molar-refractivity contribution < 1.29 is 0 Å². The van der Waals surface area contributed by atoms with Crippen LogP contribution in [-0.4, -0.2) is 6.04 Å². The van der Waals surface area contributed by atoms with Crippen LogP contribution in [0.2, 0.25) is 0 Å². The van der Waals surface area contributed by atoms with Crippen LogP contribution in [0.15, 0.2) is 36.6 Å². The zero-order chi connectivity index (χ0) is 7.40. The van der Waals surface area contributed by atoms with E-state index in [1.54, 1.807) is 0 Å². The molecule has 0 aromatic rings. The smallest absolute Gasteiger partial charge is 0.0413 e. The Morgan fingerprint density at radius 1 is 1.80 bits per heavy atom. The Morgan fingerprint density at radius 3 is 3.10 bits per heavy atom. The molecule has 0 spiro atoms. The Labute approximate surface area is 62.1 Å². The number of hydrogen-bond acceptors (Lipinski definition) is 1. The fourth-order valence-corrected chi connectivity index (χ4v) is 0.904. The fourth-order valence-electron chi connectivity index (χ4n) is 0.904. The Morgan fingerprint density at radius 2 is 2.60 bits per heavy atom.